The molecule has 0 atom stereocenters. The molecule has 0 spiro atoms. The fourth-order valence-electron chi connectivity index (χ4n) is 1.78. The van der Waals surface area contributed by atoms with Crippen LogP contribution in [-0.4, -0.2) is 17.9 Å². The number of aromatic carboxylic acids is 1. The second-order valence-electron chi connectivity index (χ2n) is 4.07. The Labute approximate surface area is 122 Å². The molecule has 3 rings (SSSR count). The minimum Gasteiger partial charge on any atom is -0.478 e. The number of hydrogen-bond donors (Lipinski definition) is 1. The molecular formula is C14H9BrO5. The van der Waals surface area contributed by atoms with Crippen LogP contribution in [0.4, 0.5) is 0 Å². The molecule has 0 saturated heterocycles. The van der Waals surface area contributed by atoms with Gasteiger partial charge in [0.25, 0.3) is 0 Å². The molecule has 1 N–H and O–H groups in total. The summed E-state index contributed by atoms with van der Waals surface area (Å²) in [6.07, 6.45) is 0. The molecule has 5 nitrogen and oxygen atoms in total. The number of carboxylic acid groups (broad SMARTS) is 1. The van der Waals surface area contributed by atoms with Crippen LogP contribution in [0.3, 0.4) is 0 Å². The second kappa shape index (κ2) is 5.05. The molecule has 0 aromatic heterocycles. The Kier molecular flexibility index (Phi) is 3.23. The molecule has 102 valence electrons. The zero-order chi connectivity index (χ0) is 14.1. The van der Waals surface area contributed by atoms with Gasteiger partial charge in [-0.05, 0) is 46.3 Å². The standard InChI is InChI=1S/C14H9BrO5/c15-10-5-8(14(16)17)1-3-11(10)20-9-2-4-12-13(6-9)19-7-18-12/h1-6H,7H2,(H,16,17). The summed E-state index contributed by atoms with van der Waals surface area (Å²) in [5, 5.41) is 8.90. The highest BCUT2D eigenvalue weighted by Gasteiger charge is 2.15. The Morgan fingerprint density at radius 1 is 1.15 bits per heavy atom. The summed E-state index contributed by atoms with van der Waals surface area (Å²) in [6, 6.07) is 9.81. The van der Waals surface area contributed by atoms with Crippen molar-refractivity contribution in [3.63, 3.8) is 0 Å². The lowest BCUT2D eigenvalue weighted by Gasteiger charge is -2.09. The average Bonchev–Trinajstić information content (AvgIpc) is 2.88. The molecule has 1 heterocycles. The predicted molar refractivity (Wildman–Crippen MR) is 73.7 cm³/mol. The van der Waals surface area contributed by atoms with Crippen molar-refractivity contribution >= 4 is 21.9 Å². The van der Waals surface area contributed by atoms with Crippen molar-refractivity contribution in [2.75, 3.05) is 6.79 Å². The van der Waals surface area contributed by atoms with Gasteiger partial charge in [-0.1, -0.05) is 0 Å². The van der Waals surface area contributed by atoms with E-state index in [-0.39, 0.29) is 12.4 Å². The smallest absolute Gasteiger partial charge is 0.335 e. The maximum absolute atomic E-state index is 10.9. The third-order valence-corrected chi connectivity index (χ3v) is 3.37. The Morgan fingerprint density at radius 2 is 1.95 bits per heavy atom. The molecular weight excluding hydrogens is 328 g/mol. The van der Waals surface area contributed by atoms with Crippen LogP contribution >= 0.6 is 15.9 Å². The van der Waals surface area contributed by atoms with E-state index in [1.165, 1.54) is 12.1 Å². The van der Waals surface area contributed by atoms with Gasteiger partial charge in [0, 0.05) is 6.07 Å². The van der Waals surface area contributed by atoms with Crippen molar-refractivity contribution in [1.82, 2.24) is 0 Å². The molecule has 0 bridgehead atoms. The fourth-order valence-corrected chi connectivity index (χ4v) is 2.24. The predicted octanol–water partition coefficient (Wildman–Crippen LogP) is 3.67. The zero-order valence-corrected chi connectivity index (χ0v) is 11.7. The number of halogens is 1. The van der Waals surface area contributed by atoms with E-state index >= 15 is 0 Å². The lowest BCUT2D eigenvalue weighted by molar-refractivity contribution is 0.0697. The molecule has 2 aromatic carbocycles. The minimum atomic E-state index is -0.986. The molecule has 0 fully saturated rings. The SMILES string of the molecule is O=C(O)c1ccc(Oc2ccc3c(c2)OCO3)c(Br)c1. The number of rotatable bonds is 3. The van der Waals surface area contributed by atoms with Crippen molar-refractivity contribution in [3.8, 4) is 23.0 Å². The van der Waals surface area contributed by atoms with E-state index in [2.05, 4.69) is 15.9 Å². The molecule has 0 aliphatic carbocycles. The van der Waals surface area contributed by atoms with Crippen LogP contribution in [-0.2, 0) is 0 Å². The summed E-state index contributed by atoms with van der Waals surface area (Å²) >= 11 is 3.29. The number of ether oxygens (including phenoxy) is 3. The summed E-state index contributed by atoms with van der Waals surface area (Å²) in [6.45, 7) is 0.204. The third kappa shape index (κ3) is 2.42. The van der Waals surface area contributed by atoms with Gasteiger partial charge < -0.3 is 19.3 Å². The number of hydrogen-bond acceptors (Lipinski definition) is 4. The monoisotopic (exact) mass is 336 g/mol. The fraction of sp³-hybridized carbons (Fsp3) is 0.0714. The van der Waals surface area contributed by atoms with Crippen molar-refractivity contribution < 1.29 is 24.1 Å². The summed E-state index contributed by atoms with van der Waals surface area (Å²) in [7, 11) is 0. The Hall–Kier alpha value is -2.21. The molecule has 20 heavy (non-hydrogen) atoms. The summed E-state index contributed by atoms with van der Waals surface area (Å²) in [5.74, 6) is 1.42. The van der Waals surface area contributed by atoms with Crippen LogP contribution in [0.1, 0.15) is 10.4 Å². The van der Waals surface area contributed by atoms with Gasteiger partial charge in [-0.25, -0.2) is 4.79 Å². The van der Waals surface area contributed by atoms with Gasteiger partial charge in [0.2, 0.25) is 6.79 Å². The van der Waals surface area contributed by atoms with Crippen molar-refractivity contribution in [1.29, 1.82) is 0 Å². The normalized spacial score (nSPS) is 12.2. The lowest BCUT2D eigenvalue weighted by atomic mass is 10.2. The van der Waals surface area contributed by atoms with E-state index < -0.39 is 5.97 Å². The molecule has 0 radical (unpaired) electrons. The first-order valence-corrected chi connectivity index (χ1v) is 6.53. The second-order valence-corrected chi connectivity index (χ2v) is 4.92. The topological polar surface area (TPSA) is 65.0 Å². The highest BCUT2D eigenvalue weighted by Crippen LogP contribution is 2.38. The first kappa shape index (κ1) is 12.8. The Morgan fingerprint density at radius 3 is 2.70 bits per heavy atom. The number of fused-ring (bicyclic) bond motifs is 1. The number of carboxylic acids is 1. The molecule has 1 aliphatic heterocycles. The highest BCUT2D eigenvalue weighted by molar-refractivity contribution is 9.10. The molecule has 2 aromatic rings. The lowest BCUT2D eigenvalue weighted by Crippen LogP contribution is -1.96. The molecule has 6 heteroatoms. The van der Waals surface area contributed by atoms with Gasteiger partial charge in [0.05, 0.1) is 10.0 Å². The van der Waals surface area contributed by atoms with Crippen molar-refractivity contribution in [2.45, 2.75) is 0 Å². The zero-order valence-electron chi connectivity index (χ0n) is 10.1. The van der Waals surface area contributed by atoms with Crippen LogP contribution < -0.4 is 14.2 Å². The van der Waals surface area contributed by atoms with Gasteiger partial charge in [-0.3, -0.25) is 0 Å². The van der Waals surface area contributed by atoms with E-state index in [9.17, 15) is 4.79 Å². The van der Waals surface area contributed by atoms with E-state index in [4.69, 9.17) is 19.3 Å². The maximum Gasteiger partial charge on any atom is 0.335 e. The van der Waals surface area contributed by atoms with E-state index in [1.54, 1.807) is 24.3 Å². The summed E-state index contributed by atoms with van der Waals surface area (Å²) in [4.78, 5) is 10.9. The first-order valence-electron chi connectivity index (χ1n) is 5.74. The van der Waals surface area contributed by atoms with E-state index in [1.807, 2.05) is 0 Å². The van der Waals surface area contributed by atoms with Crippen LogP contribution in [0.2, 0.25) is 0 Å². The van der Waals surface area contributed by atoms with Gasteiger partial charge in [0.1, 0.15) is 11.5 Å². The van der Waals surface area contributed by atoms with Gasteiger partial charge >= 0.3 is 5.97 Å². The van der Waals surface area contributed by atoms with Crippen LogP contribution in [0.15, 0.2) is 40.9 Å². The van der Waals surface area contributed by atoms with Crippen molar-refractivity contribution in [2.24, 2.45) is 0 Å². The quantitative estimate of drug-likeness (QED) is 0.926. The van der Waals surface area contributed by atoms with E-state index in [0.717, 1.165) is 0 Å². The summed E-state index contributed by atoms with van der Waals surface area (Å²) in [5.41, 5.74) is 0.190. The molecule has 0 unspecified atom stereocenters. The van der Waals surface area contributed by atoms with Crippen LogP contribution in [0.5, 0.6) is 23.0 Å². The number of carbonyl (C=O) groups is 1. The van der Waals surface area contributed by atoms with Gasteiger partial charge in [0.15, 0.2) is 11.5 Å². The van der Waals surface area contributed by atoms with Crippen molar-refractivity contribution in [3.05, 3.63) is 46.4 Å². The van der Waals surface area contributed by atoms with Gasteiger partial charge in [-0.15, -0.1) is 0 Å². The molecule has 0 amide bonds. The summed E-state index contributed by atoms with van der Waals surface area (Å²) < 4.78 is 16.7. The first-order chi connectivity index (χ1) is 9.63. The average molecular weight is 337 g/mol. The molecule has 1 aliphatic rings. The maximum atomic E-state index is 10.9. The number of benzene rings is 2. The largest absolute Gasteiger partial charge is 0.478 e. The van der Waals surface area contributed by atoms with E-state index in [0.29, 0.717) is 27.5 Å². The van der Waals surface area contributed by atoms with Crippen LogP contribution in [0, 0.1) is 0 Å². The minimum absolute atomic E-state index is 0.190. The van der Waals surface area contributed by atoms with Gasteiger partial charge in [-0.2, -0.15) is 0 Å². The van der Waals surface area contributed by atoms with Crippen LogP contribution in [0.25, 0.3) is 0 Å². The highest BCUT2D eigenvalue weighted by atomic mass is 79.9. The Bertz CT molecular complexity index is 683. The third-order valence-electron chi connectivity index (χ3n) is 2.75. The Balaban J connectivity index is 1.86. The molecule has 0 saturated carbocycles.